The number of carbonyl (C=O) groups is 2. The van der Waals surface area contributed by atoms with Crippen molar-refractivity contribution >= 4 is 11.8 Å². The van der Waals surface area contributed by atoms with Gasteiger partial charge in [-0.1, -0.05) is 30.8 Å². The number of carbonyl (C=O) groups excluding carboxylic acids is 2. The SMILES string of the molecule is C=C(C(=O)[O-])C(=O)c1ccccc1C.[Li+]. The van der Waals surface area contributed by atoms with E-state index in [0.29, 0.717) is 5.56 Å². The zero-order valence-electron chi connectivity index (χ0n) is 8.74. The minimum Gasteiger partial charge on any atom is -0.545 e. The topological polar surface area (TPSA) is 57.2 Å². The van der Waals surface area contributed by atoms with Gasteiger partial charge in [-0.2, -0.15) is 0 Å². The van der Waals surface area contributed by atoms with Crippen LogP contribution in [0, 0.1) is 6.92 Å². The minimum absolute atomic E-state index is 0. The van der Waals surface area contributed by atoms with Gasteiger partial charge in [-0.05, 0) is 12.5 Å². The number of rotatable bonds is 3. The number of benzene rings is 1. The molecule has 3 nitrogen and oxygen atoms in total. The second-order valence-electron chi connectivity index (χ2n) is 2.91. The average molecular weight is 196 g/mol. The number of aryl methyl sites for hydroxylation is 1. The third-order valence-corrected chi connectivity index (χ3v) is 1.91. The van der Waals surface area contributed by atoms with Gasteiger partial charge in [0.2, 0.25) is 0 Å². The first-order chi connectivity index (χ1) is 6.54. The molecule has 0 radical (unpaired) electrons. The maximum atomic E-state index is 11.5. The zero-order chi connectivity index (χ0) is 10.7. The van der Waals surface area contributed by atoms with Crippen LogP contribution >= 0.6 is 0 Å². The molecule has 1 aromatic carbocycles. The predicted octanol–water partition coefficient (Wildman–Crippen LogP) is -2.51. The fourth-order valence-corrected chi connectivity index (χ4v) is 1.08. The number of ketones is 1. The molecule has 0 saturated carbocycles. The molecular weight excluding hydrogens is 187 g/mol. The van der Waals surface area contributed by atoms with Crippen molar-refractivity contribution in [2.45, 2.75) is 6.92 Å². The zero-order valence-corrected chi connectivity index (χ0v) is 8.74. The van der Waals surface area contributed by atoms with Gasteiger partial charge in [0.1, 0.15) is 0 Å². The number of aliphatic carboxylic acids is 1. The van der Waals surface area contributed by atoms with Gasteiger partial charge >= 0.3 is 18.9 Å². The van der Waals surface area contributed by atoms with Crippen molar-refractivity contribution in [3.05, 3.63) is 47.5 Å². The first-order valence-corrected chi connectivity index (χ1v) is 4.04. The maximum Gasteiger partial charge on any atom is 1.00 e. The summed E-state index contributed by atoms with van der Waals surface area (Å²) in [4.78, 5) is 21.9. The number of hydrogen-bond donors (Lipinski definition) is 0. The van der Waals surface area contributed by atoms with Crippen LogP contribution in [-0.2, 0) is 4.79 Å². The molecule has 0 aromatic heterocycles. The monoisotopic (exact) mass is 196 g/mol. The van der Waals surface area contributed by atoms with Gasteiger partial charge in [-0.15, -0.1) is 0 Å². The third-order valence-electron chi connectivity index (χ3n) is 1.91. The fraction of sp³-hybridized carbons (Fsp3) is 0.0909. The Hall–Kier alpha value is -1.30. The van der Waals surface area contributed by atoms with Gasteiger partial charge in [0, 0.05) is 11.1 Å². The molecule has 0 amide bonds. The van der Waals surface area contributed by atoms with Crippen LogP contribution in [0.1, 0.15) is 15.9 Å². The van der Waals surface area contributed by atoms with Gasteiger partial charge in [0.05, 0.1) is 5.97 Å². The summed E-state index contributed by atoms with van der Waals surface area (Å²) < 4.78 is 0. The fourth-order valence-electron chi connectivity index (χ4n) is 1.08. The Labute approximate surface area is 100.0 Å². The van der Waals surface area contributed by atoms with E-state index in [-0.39, 0.29) is 18.9 Å². The van der Waals surface area contributed by atoms with Crippen molar-refractivity contribution < 1.29 is 33.6 Å². The standard InChI is InChI=1S/C11H10O3.Li/c1-7-5-3-4-6-9(7)10(12)8(2)11(13)14;/h3-6H,2H2,1H3,(H,13,14);/q;+1/p-1. The van der Waals surface area contributed by atoms with E-state index in [1.807, 2.05) is 0 Å². The maximum absolute atomic E-state index is 11.5. The summed E-state index contributed by atoms with van der Waals surface area (Å²) in [6.45, 7) is 4.89. The Morgan fingerprint density at radius 3 is 2.27 bits per heavy atom. The second kappa shape index (κ2) is 5.55. The van der Waals surface area contributed by atoms with Gasteiger partial charge in [-0.25, -0.2) is 0 Å². The van der Waals surface area contributed by atoms with Crippen LogP contribution in [0.25, 0.3) is 0 Å². The molecule has 0 unspecified atom stereocenters. The summed E-state index contributed by atoms with van der Waals surface area (Å²) in [6.07, 6.45) is 0. The van der Waals surface area contributed by atoms with Gasteiger partial charge in [0.25, 0.3) is 0 Å². The molecule has 1 aromatic rings. The van der Waals surface area contributed by atoms with Gasteiger partial charge in [0.15, 0.2) is 5.78 Å². The van der Waals surface area contributed by atoms with E-state index in [2.05, 4.69) is 6.58 Å². The summed E-state index contributed by atoms with van der Waals surface area (Å²) in [5.41, 5.74) is 0.556. The smallest absolute Gasteiger partial charge is 0.545 e. The van der Waals surface area contributed by atoms with Crippen LogP contribution in [0.3, 0.4) is 0 Å². The van der Waals surface area contributed by atoms with Crippen LogP contribution in [0.4, 0.5) is 0 Å². The van der Waals surface area contributed by atoms with E-state index in [0.717, 1.165) is 5.56 Å². The largest absolute Gasteiger partial charge is 1.00 e. The Bertz CT molecular complexity index is 410. The molecule has 15 heavy (non-hydrogen) atoms. The molecule has 0 N–H and O–H groups in total. The summed E-state index contributed by atoms with van der Waals surface area (Å²) in [6, 6.07) is 6.73. The van der Waals surface area contributed by atoms with Crippen molar-refractivity contribution in [2.24, 2.45) is 0 Å². The predicted molar refractivity (Wildman–Crippen MR) is 49.7 cm³/mol. The summed E-state index contributed by atoms with van der Waals surface area (Å²) in [5.74, 6) is -2.12. The van der Waals surface area contributed by atoms with E-state index in [4.69, 9.17) is 0 Å². The van der Waals surface area contributed by atoms with Crippen LogP contribution < -0.4 is 24.0 Å². The molecule has 0 bridgehead atoms. The van der Waals surface area contributed by atoms with Crippen LogP contribution in [0.15, 0.2) is 36.4 Å². The number of Topliss-reactive ketones (excluding diaryl/α,β-unsaturated/α-hetero) is 1. The quantitative estimate of drug-likeness (QED) is 0.176. The van der Waals surface area contributed by atoms with Gasteiger partial charge < -0.3 is 9.90 Å². The average Bonchev–Trinajstić information content (AvgIpc) is 2.16. The molecule has 1 rings (SSSR count). The summed E-state index contributed by atoms with van der Waals surface area (Å²) in [7, 11) is 0. The second-order valence-corrected chi connectivity index (χ2v) is 2.91. The molecule has 0 aliphatic heterocycles. The van der Waals surface area contributed by atoms with E-state index in [1.54, 1.807) is 31.2 Å². The van der Waals surface area contributed by atoms with E-state index in [9.17, 15) is 14.7 Å². The first-order valence-electron chi connectivity index (χ1n) is 4.04. The van der Waals surface area contributed by atoms with Crippen LogP contribution in [-0.4, -0.2) is 11.8 Å². The normalized spacial score (nSPS) is 8.87. The number of carboxylic acid groups (broad SMARTS) is 1. The third kappa shape index (κ3) is 3.09. The Balaban J connectivity index is 0.00000196. The number of carboxylic acids is 1. The van der Waals surface area contributed by atoms with Crippen molar-refractivity contribution in [2.75, 3.05) is 0 Å². The van der Waals surface area contributed by atoms with E-state index in [1.165, 1.54) is 0 Å². The molecule has 0 fully saturated rings. The Morgan fingerprint density at radius 2 is 1.80 bits per heavy atom. The molecule has 0 atom stereocenters. The molecule has 72 valence electrons. The Kier molecular flexibility index (Phi) is 5.07. The molecule has 0 aliphatic carbocycles. The van der Waals surface area contributed by atoms with Crippen LogP contribution in [0.2, 0.25) is 0 Å². The van der Waals surface area contributed by atoms with Gasteiger partial charge in [-0.3, -0.25) is 4.79 Å². The first kappa shape index (κ1) is 13.7. The molecule has 0 aliphatic rings. The number of hydrogen-bond acceptors (Lipinski definition) is 3. The minimum atomic E-state index is -1.53. The molecule has 0 heterocycles. The molecular formula is C11H9LiO3. The molecule has 4 heteroatoms. The summed E-state index contributed by atoms with van der Waals surface area (Å²) in [5, 5.41) is 10.4. The Morgan fingerprint density at radius 1 is 1.27 bits per heavy atom. The van der Waals surface area contributed by atoms with Crippen molar-refractivity contribution in [3.8, 4) is 0 Å². The van der Waals surface area contributed by atoms with Crippen molar-refractivity contribution in [1.29, 1.82) is 0 Å². The molecule has 0 saturated heterocycles. The van der Waals surface area contributed by atoms with Crippen molar-refractivity contribution in [3.63, 3.8) is 0 Å². The molecule has 0 spiro atoms. The van der Waals surface area contributed by atoms with E-state index < -0.39 is 17.3 Å². The van der Waals surface area contributed by atoms with Crippen LogP contribution in [0.5, 0.6) is 0 Å². The van der Waals surface area contributed by atoms with E-state index >= 15 is 0 Å². The summed E-state index contributed by atoms with van der Waals surface area (Å²) >= 11 is 0. The van der Waals surface area contributed by atoms with Crippen molar-refractivity contribution in [1.82, 2.24) is 0 Å².